The predicted octanol–water partition coefficient (Wildman–Crippen LogP) is 5.29. The van der Waals surface area contributed by atoms with Crippen molar-refractivity contribution in [2.75, 3.05) is 64.2 Å². The van der Waals surface area contributed by atoms with Crippen LogP contribution in [0.2, 0.25) is 0 Å². The molecule has 4 aromatic carbocycles. The van der Waals surface area contributed by atoms with Crippen molar-refractivity contribution in [2.45, 2.75) is 19.5 Å². The van der Waals surface area contributed by atoms with Crippen LogP contribution >= 0.6 is 0 Å². The number of likely N-dealkylation sites (N-methyl/N-ethyl adjacent to an activating group) is 1. The Morgan fingerprint density at radius 2 is 1.62 bits per heavy atom. The fourth-order valence-corrected chi connectivity index (χ4v) is 5.81. The van der Waals surface area contributed by atoms with Gasteiger partial charge in [-0.15, -0.1) is 0 Å². The minimum absolute atomic E-state index is 0.134. The number of nitrogens with zero attached hydrogens (tertiary/aromatic N) is 3. The van der Waals surface area contributed by atoms with Gasteiger partial charge < -0.3 is 29.9 Å². The summed E-state index contributed by atoms with van der Waals surface area (Å²) in [6, 6.07) is 27.8. The summed E-state index contributed by atoms with van der Waals surface area (Å²) in [7, 11) is 5.28. The fraction of sp³-hybridized carbons (Fsp3) is 0.289. The number of para-hydroxylation sites is 2. The number of methoxy groups -OCH3 is 1. The predicted molar refractivity (Wildman–Crippen MR) is 189 cm³/mol. The first-order valence-corrected chi connectivity index (χ1v) is 16.1. The molecule has 0 aliphatic carbocycles. The van der Waals surface area contributed by atoms with Crippen molar-refractivity contribution in [3.05, 3.63) is 108 Å². The van der Waals surface area contributed by atoms with Crippen LogP contribution in [-0.4, -0.2) is 88.2 Å². The van der Waals surface area contributed by atoms with E-state index in [0.717, 1.165) is 49.3 Å². The van der Waals surface area contributed by atoms with Crippen LogP contribution in [-0.2, 0) is 4.79 Å². The van der Waals surface area contributed by atoms with Gasteiger partial charge in [0.25, 0.3) is 11.8 Å². The summed E-state index contributed by atoms with van der Waals surface area (Å²) in [5, 5.41) is 5.88. The molecule has 0 bridgehead atoms. The SMILES string of the molecule is COc1cc(C(=O)N(C)c2ccccc2OCCC(NC=O)N2CCN(C)CC2)ccc1NC(=O)c1ccccc1-c1ccc(C)cc1. The van der Waals surface area contributed by atoms with E-state index in [1.54, 1.807) is 31.3 Å². The number of piperazine rings is 1. The number of nitrogens with one attached hydrogen (secondary N) is 2. The number of carbonyl (C=O) groups excluding carboxylic acids is 3. The minimum atomic E-state index is -0.287. The molecule has 0 radical (unpaired) electrons. The number of amides is 3. The molecule has 5 rings (SSSR count). The molecule has 48 heavy (non-hydrogen) atoms. The molecule has 1 aliphatic rings. The second-order valence-electron chi connectivity index (χ2n) is 11.9. The van der Waals surface area contributed by atoms with Crippen LogP contribution in [0.15, 0.2) is 91.0 Å². The number of aryl methyl sites for hydroxylation is 1. The molecule has 10 heteroatoms. The number of hydrogen-bond donors (Lipinski definition) is 2. The van der Waals surface area contributed by atoms with Crippen molar-refractivity contribution in [1.82, 2.24) is 15.1 Å². The smallest absolute Gasteiger partial charge is 0.258 e. The Labute approximate surface area is 282 Å². The summed E-state index contributed by atoms with van der Waals surface area (Å²) >= 11 is 0. The Balaban J connectivity index is 1.27. The maximum Gasteiger partial charge on any atom is 0.258 e. The molecule has 0 spiro atoms. The molecule has 1 atom stereocenters. The Hall–Kier alpha value is -5.19. The van der Waals surface area contributed by atoms with Crippen molar-refractivity contribution in [2.24, 2.45) is 0 Å². The van der Waals surface area contributed by atoms with Gasteiger partial charge in [-0.2, -0.15) is 0 Å². The second kappa shape index (κ2) is 16.1. The highest BCUT2D eigenvalue weighted by Crippen LogP contribution is 2.32. The van der Waals surface area contributed by atoms with Crippen LogP contribution in [0.1, 0.15) is 32.7 Å². The molecule has 1 saturated heterocycles. The van der Waals surface area contributed by atoms with E-state index in [0.29, 0.717) is 47.0 Å². The molecule has 10 nitrogen and oxygen atoms in total. The number of rotatable bonds is 13. The Morgan fingerprint density at radius 1 is 0.917 bits per heavy atom. The van der Waals surface area contributed by atoms with E-state index in [1.165, 1.54) is 12.0 Å². The van der Waals surface area contributed by atoms with Crippen LogP contribution in [0.4, 0.5) is 11.4 Å². The first-order valence-electron chi connectivity index (χ1n) is 16.1. The number of hydrogen-bond acceptors (Lipinski definition) is 7. The number of anilines is 2. The van der Waals surface area contributed by atoms with Crippen LogP contribution in [0.3, 0.4) is 0 Å². The summed E-state index contributed by atoms with van der Waals surface area (Å²) in [5.74, 6) is 0.354. The molecule has 2 N–H and O–H groups in total. The van der Waals surface area contributed by atoms with Crippen LogP contribution in [0, 0.1) is 6.92 Å². The molecule has 1 unspecified atom stereocenters. The van der Waals surface area contributed by atoms with Gasteiger partial charge >= 0.3 is 0 Å². The lowest BCUT2D eigenvalue weighted by atomic mass is 9.98. The molecule has 3 amide bonds. The lowest BCUT2D eigenvalue weighted by Gasteiger charge is -2.37. The first-order chi connectivity index (χ1) is 23.3. The molecule has 1 heterocycles. The summed E-state index contributed by atoms with van der Waals surface area (Å²) in [4.78, 5) is 44.5. The monoisotopic (exact) mass is 649 g/mol. The van der Waals surface area contributed by atoms with Gasteiger partial charge in [-0.3, -0.25) is 19.3 Å². The van der Waals surface area contributed by atoms with E-state index < -0.39 is 0 Å². The van der Waals surface area contributed by atoms with Crippen molar-refractivity contribution < 1.29 is 23.9 Å². The van der Waals surface area contributed by atoms with Gasteiger partial charge in [0, 0.05) is 50.8 Å². The zero-order valence-corrected chi connectivity index (χ0v) is 27.9. The van der Waals surface area contributed by atoms with Gasteiger partial charge in [0.2, 0.25) is 6.41 Å². The number of ether oxygens (including phenoxy) is 2. The molecule has 1 aliphatic heterocycles. The van der Waals surface area contributed by atoms with Crippen LogP contribution < -0.4 is 25.0 Å². The maximum atomic E-state index is 13.7. The van der Waals surface area contributed by atoms with E-state index in [1.807, 2.05) is 73.7 Å². The van der Waals surface area contributed by atoms with Gasteiger partial charge in [-0.05, 0) is 61.5 Å². The lowest BCUT2D eigenvalue weighted by Crippen LogP contribution is -2.54. The Kier molecular flexibility index (Phi) is 11.4. The van der Waals surface area contributed by atoms with E-state index in [9.17, 15) is 14.4 Å². The zero-order valence-electron chi connectivity index (χ0n) is 27.9. The Morgan fingerprint density at radius 3 is 2.35 bits per heavy atom. The average Bonchev–Trinajstić information content (AvgIpc) is 3.11. The highest BCUT2D eigenvalue weighted by atomic mass is 16.5. The van der Waals surface area contributed by atoms with Gasteiger partial charge in [0.05, 0.1) is 31.3 Å². The Bertz CT molecular complexity index is 1720. The third-order valence-electron chi connectivity index (χ3n) is 8.65. The normalized spacial score (nSPS) is 14.1. The van der Waals surface area contributed by atoms with Gasteiger partial charge in [0.1, 0.15) is 11.5 Å². The molecule has 250 valence electrons. The van der Waals surface area contributed by atoms with Crippen molar-refractivity contribution >= 4 is 29.6 Å². The van der Waals surface area contributed by atoms with Crippen molar-refractivity contribution in [3.8, 4) is 22.6 Å². The second-order valence-corrected chi connectivity index (χ2v) is 11.9. The van der Waals surface area contributed by atoms with Gasteiger partial charge in [-0.1, -0.05) is 60.2 Å². The number of carbonyl (C=O) groups is 3. The third kappa shape index (κ3) is 8.20. The molecule has 0 aromatic heterocycles. The summed E-state index contributed by atoms with van der Waals surface area (Å²) < 4.78 is 11.8. The third-order valence-corrected chi connectivity index (χ3v) is 8.65. The highest BCUT2D eigenvalue weighted by molar-refractivity contribution is 6.10. The van der Waals surface area contributed by atoms with Crippen LogP contribution in [0.25, 0.3) is 11.1 Å². The van der Waals surface area contributed by atoms with Gasteiger partial charge in [0.15, 0.2) is 0 Å². The standard InChI is InChI=1S/C38H43N5O5/c1-27-13-15-28(16-14-27)30-9-5-6-10-31(30)37(45)40-32-18-17-29(25-35(32)47-4)38(46)42(3)33-11-7-8-12-34(33)48-24-19-36(39-26-44)43-22-20-41(2)21-23-43/h5-18,25-26,36H,19-24H2,1-4H3,(H,39,44)(H,40,45). The maximum absolute atomic E-state index is 13.7. The average molecular weight is 650 g/mol. The summed E-state index contributed by atoms with van der Waals surface area (Å²) in [6.45, 7) is 5.98. The van der Waals surface area contributed by atoms with E-state index >= 15 is 0 Å². The van der Waals surface area contributed by atoms with Gasteiger partial charge in [-0.25, -0.2) is 0 Å². The minimum Gasteiger partial charge on any atom is -0.495 e. The van der Waals surface area contributed by atoms with E-state index in [-0.39, 0.29) is 18.0 Å². The first kappa shape index (κ1) is 34.2. The van der Waals surface area contributed by atoms with E-state index in [2.05, 4.69) is 27.5 Å². The quantitative estimate of drug-likeness (QED) is 0.190. The highest BCUT2D eigenvalue weighted by Gasteiger charge is 2.23. The topological polar surface area (TPSA) is 103 Å². The summed E-state index contributed by atoms with van der Waals surface area (Å²) in [6.07, 6.45) is 1.19. The molecular formula is C38H43N5O5. The number of benzene rings is 4. The van der Waals surface area contributed by atoms with Crippen LogP contribution in [0.5, 0.6) is 11.5 Å². The summed E-state index contributed by atoms with van der Waals surface area (Å²) in [5.41, 5.74) is 4.86. The zero-order chi connectivity index (χ0) is 34.0. The largest absolute Gasteiger partial charge is 0.495 e. The molecule has 1 fully saturated rings. The van der Waals surface area contributed by atoms with E-state index in [4.69, 9.17) is 9.47 Å². The van der Waals surface area contributed by atoms with Crippen molar-refractivity contribution in [3.63, 3.8) is 0 Å². The molecular weight excluding hydrogens is 606 g/mol. The van der Waals surface area contributed by atoms with Crippen molar-refractivity contribution in [1.29, 1.82) is 0 Å². The molecule has 0 saturated carbocycles. The lowest BCUT2D eigenvalue weighted by molar-refractivity contribution is -0.111. The fourth-order valence-electron chi connectivity index (χ4n) is 5.81. The molecule has 4 aromatic rings.